The van der Waals surface area contributed by atoms with E-state index in [4.69, 9.17) is 0 Å². The summed E-state index contributed by atoms with van der Waals surface area (Å²) < 4.78 is 0. The SMILES string of the molecule is CCc1ccc(C2(CC)CC(=O)NC2CC)cc1. The number of carbonyl (C=O) groups is 1. The van der Waals surface area contributed by atoms with Crippen LogP contribution in [0, 0.1) is 0 Å². The Hall–Kier alpha value is -1.31. The molecule has 2 unspecified atom stereocenters. The third-order valence-corrected chi connectivity index (χ3v) is 4.45. The fraction of sp³-hybridized carbons (Fsp3) is 0.562. The lowest BCUT2D eigenvalue weighted by Crippen LogP contribution is -2.39. The predicted molar refractivity (Wildman–Crippen MR) is 74.6 cm³/mol. The molecule has 1 saturated heterocycles. The molecule has 1 aromatic rings. The van der Waals surface area contributed by atoms with Gasteiger partial charge < -0.3 is 5.32 Å². The van der Waals surface area contributed by atoms with Gasteiger partial charge in [-0.05, 0) is 30.4 Å². The number of rotatable bonds is 4. The van der Waals surface area contributed by atoms with Gasteiger partial charge in [0.25, 0.3) is 0 Å². The summed E-state index contributed by atoms with van der Waals surface area (Å²) in [5, 5.41) is 3.13. The Kier molecular flexibility index (Phi) is 3.74. The Morgan fingerprint density at radius 3 is 2.39 bits per heavy atom. The molecule has 2 nitrogen and oxygen atoms in total. The van der Waals surface area contributed by atoms with Crippen molar-refractivity contribution >= 4 is 5.91 Å². The third-order valence-electron chi connectivity index (χ3n) is 4.45. The molecule has 2 atom stereocenters. The van der Waals surface area contributed by atoms with Gasteiger partial charge in [-0.3, -0.25) is 4.79 Å². The lowest BCUT2D eigenvalue weighted by Gasteiger charge is -2.33. The molecule has 2 heteroatoms. The van der Waals surface area contributed by atoms with Crippen molar-refractivity contribution in [2.45, 2.75) is 57.9 Å². The molecule has 2 rings (SSSR count). The summed E-state index contributed by atoms with van der Waals surface area (Å²) in [7, 11) is 0. The molecule has 1 aliphatic rings. The summed E-state index contributed by atoms with van der Waals surface area (Å²) in [5.74, 6) is 0.197. The van der Waals surface area contributed by atoms with Gasteiger partial charge in [0, 0.05) is 17.9 Å². The van der Waals surface area contributed by atoms with Gasteiger partial charge in [-0.1, -0.05) is 45.0 Å². The van der Waals surface area contributed by atoms with E-state index in [0.29, 0.717) is 6.42 Å². The Bertz CT molecular complexity index is 423. The molecule has 98 valence electrons. The first-order chi connectivity index (χ1) is 8.66. The smallest absolute Gasteiger partial charge is 0.221 e. The maximum absolute atomic E-state index is 11.8. The van der Waals surface area contributed by atoms with E-state index in [2.05, 4.69) is 50.4 Å². The maximum atomic E-state index is 11.8. The number of carbonyl (C=O) groups excluding carboxylic acids is 1. The van der Waals surface area contributed by atoms with Gasteiger partial charge in [0.1, 0.15) is 0 Å². The van der Waals surface area contributed by atoms with Crippen molar-refractivity contribution < 1.29 is 4.79 Å². The minimum Gasteiger partial charge on any atom is -0.352 e. The number of hydrogen-bond acceptors (Lipinski definition) is 1. The van der Waals surface area contributed by atoms with Crippen LogP contribution in [-0.4, -0.2) is 11.9 Å². The van der Waals surface area contributed by atoms with E-state index in [1.54, 1.807) is 0 Å². The van der Waals surface area contributed by atoms with Crippen LogP contribution in [0.1, 0.15) is 51.2 Å². The van der Waals surface area contributed by atoms with Gasteiger partial charge in [-0.25, -0.2) is 0 Å². The molecule has 0 bridgehead atoms. The van der Waals surface area contributed by atoms with E-state index < -0.39 is 0 Å². The van der Waals surface area contributed by atoms with Crippen molar-refractivity contribution in [1.82, 2.24) is 5.32 Å². The van der Waals surface area contributed by atoms with Crippen molar-refractivity contribution in [3.8, 4) is 0 Å². The lowest BCUT2D eigenvalue weighted by molar-refractivity contribution is -0.119. The Morgan fingerprint density at radius 1 is 1.22 bits per heavy atom. The highest BCUT2D eigenvalue weighted by Gasteiger charge is 2.45. The van der Waals surface area contributed by atoms with E-state index >= 15 is 0 Å². The van der Waals surface area contributed by atoms with E-state index in [1.165, 1.54) is 11.1 Å². The highest BCUT2D eigenvalue weighted by atomic mass is 16.2. The minimum absolute atomic E-state index is 0.00188. The molecule has 1 heterocycles. The molecule has 1 amide bonds. The van der Waals surface area contributed by atoms with Gasteiger partial charge in [0.15, 0.2) is 0 Å². The summed E-state index contributed by atoms with van der Waals surface area (Å²) in [5.41, 5.74) is 2.67. The zero-order chi connectivity index (χ0) is 13.2. The van der Waals surface area contributed by atoms with E-state index in [0.717, 1.165) is 19.3 Å². The Balaban J connectivity index is 2.39. The molecular weight excluding hydrogens is 222 g/mol. The standard InChI is InChI=1S/C16H23NO/c1-4-12-7-9-13(10-8-12)16(6-3)11-15(18)17-14(16)5-2/h7-10,14H,4-6,11H2,1-3H3,(H,17,18). The molecule has 1 aliphatic heterocycles. The van der Waals surface area contributed by atoms with Crippen molar-refractivity contribution in [3.05, 3.63) is 35.4 Å². The van der Waals surface area contributed by atoms with Crippen LogP contribution < -0.4 is 5.32 Å². The fourth-order valence-corrected chi connectivity index (χ4v) is 3.24. The molecule has 1 aromatic carbocycles. The van der Waals surface area contributed by atoms with E-state index in [-0.39, 0.29) is 17.4 Å². The molecule has 0 radical (unpaired) electrons. The third kappa shape index (κ3) is 2.05. The molecular formula is C16H23NO. The molecule has 0 spiro atoms. The summed E-state index contributed by atoms with van der Waals surface area (Å²) in [6, 6.07) is 9.10. The Morgan fingerprint density at radius 2 is 1.89 bits per heavy atom. The van der Waals surface area contributed by atoms with E-state index in [1.807, 2.05) is 0 Å². The van der Waals surface area contributed by atoms with Crippen molar-refractivity contribution in [2.75, 3.05) is 0 Å². The predicted octanol–water partition coefficient (Wildman–Crippen LogP) is 3.20. The molecule has 0 aromatic heterocycles. The van der Waals surface area contributed by atoms with Crippen molar-refractivity contribution in [1.29, 1.82) is 0 Å². The van der Waals surface area contributed by atoms with Crippen LogP contribution in [0.15, 0.2) is 24.3 Å². The van der Waals surface area contributed by atoms with Crippen LogP contribution in [0.25, 0.3) is 0 Å². The quantitative estimate of drug-likeness (QED) is 0.867. The highest BCUT2D eigenvalue weighted by Crippen LogP contribution is 2.40. The number of benzene rings is 1. The lowest BCUT2D eigenvalue weighted by atomic mass is 9.71. The van der Waals surface area contributed by atoms with E-state index in [9.17, 15) is 4.79 Å². The summed E-state index contributed by atoms with van der Waals surface area (Å²) >= 11 is 0. The van der Waals surface area contributed by atoms with Gasteiger partial charge in [0.05, 0.1) is 0 Å². The minimum atomic E-state index is -0.00188. The fourth-order valence-electron chi connectivity index (χ4n) is 3.24. The van der Waals surface area contributed by atoms with Crippen molar-refractivity contribution in [3.63, 3.8) is 0 Å². The summed E-state index contributed by atoms with van der Waals surface area (Å²) in [6.45, 7) is 6.51. The zero-order valence-corrected chi connectivity index (χ0v) is 11.6. The molecule has 18 heavy (non-hydrogen) atoms. The average molecular weight is 245 g/mol. The van der Waals surface area contributed by atoms with Gasteiger partial charge in [-0.2, -0.15) is 0 Å². The zero-order valence-electron chi connectivity index (χ0n) is 11.6. The van der Waals surface area contributed by atoms with Crippen LogP contribution >= 0.6 is 0 Å². The first kappa shape index (κ1) is 13.1. The topological polar surface area (TPSA) is 29.1 Å². The van der Waals surface area contributed by atoms with Crippen LogP contribution in [0.3, 0.4) is 0 Å². The van der Waals surface area contributed by atoms with Gasteiger partial charge >= 0.3 is 0 Å². The number of amides is 1. The van der Waals surface area contributed by atoms with Crippen LogP contribution in [0.4, 0.5) is 0 Å². The first-order valence-corrected chi connectivity index (χ1v) is 7.05. The van der Waals surface area contributed by atoms with Crippen molar-refractivity contribution in [2.24, 2.45) is 0 Å². The first-order valence-electron chi connectivity index (χ1n) is 7.05. The summed E-state index contributed by atoms with van der Waals surface area (Å²) in [6.07, 6.45) is 3.70. The maximum Gasteiger partial charge on any atom is 0.221 e. The second-order valence-electron chi connectivity index (χ2n) is 5.27. The molecule has 1 N–H and O–H groups in total. The molecule has 0 aliphatic carbocycles. The molecule has 0 saturated carbocycles. The monoisotopic (exact) mass is 245 g/mol. The summed E-state index contributed by atoms with van der Waals surface area (Å²) in [4.78, 5) is 11.8. The van der Waals surface area contributed by atoms with Gasteiger partial charge in [0.2, 0.25) is 5.91 Å². The second kappa shape index (κ2) is 5.13. The van der Waals surface area contributed by atoms with Gasteiger partial charge in [-0.15, -0.1) is 0 Å². The Labute approximate surface area is 110 Å². The second-order valence-corrected chi connectivity index (χ2v) is 5.27. The van der Waals surface area contributed by atoms with Crippen LogP contribution in [0.5, 0.6) is 0 Å². The largest absolute Gasteiger partial charge is 0.352 e. The number of aryl methyl sites for hydroxylation is 1. The van der Waals surface area contributed by atoms with Crippen LogP contribution in [0.2, 0.25) is 0 Å². The van der Waals surface area contributed by atoms with Crippen LogP contribution in [-0.2, 0) is 16.6 Å². The normalized spacial score (nSPS) is 27.3. The number of hydrogen-bond donors (Lipinski definition) is 1. The molecule has 1 fully saturated rings. The average Bonchev–Trinajstić information content (AvgIpc) is 2.76. The number of nitrogens with one attached hydrogen (secondary N) is 1. The highest BCUT2D eigenvalue weighted by molar-refractivity contribution is 5.81.